The average Bonchev–Trinajstić information content (AvgIpc) is 2.82. The molecule has 0 aliphatic rings. The van der Waals surface area contributed by atoms with E-state index in [4.69, 9.17) is 5.73 Å². The SMILES string of the molecule is CC(=O)c1cc2cc(-c3ccccc3)c(N)cc2[nH]1. The van der Waals surface area contributed by atoms with E-state index in [0.29, 0.717) is 11.4 Å². The van der Waals surface area contributed by atoms with Crippen molar-refractivity contribution in [1.82, 2.24) is 4.98 Å². The summed E-state index contributed by atoms with van der Waals surface area (Å²) < 4.78 is 0. The minimum atomic E-state index is 0.0241. The van der Waals surface area contributed by atoms with E-state index in [9.17, 15) is 4.79 Å². The van der Waals surface area contributed by atoms with Gasteiger partial charge in [0.25, 0.3) is 0 Å². The van der Waals surface area contributed by atoms with Crippen molar-refractivity contribution in [3.63, 3.8) is 0 Å². The highest BCUT2D eigenvalue weighted by Crippen LogP contribution is 2.30. The summed E-state index contributed by atoms with van der Waals surface area (Å²) in [6.07, 6.45) is 0. The summed E-state index contributed by atoms with van der Waals surface area (Å²) in [5.41, 5.74) is 10.4. The topological polar surface area (TPSA) is 58.9 Å². The number of rotatable bonds is 2. The van der Waals surface area contributed by atoms with Crippen LogP contribution in [0.15, 0.2) is 48.5 Å². The van der Waals surface area contributed by atoms with Crippen LogP contribution in [-0.2, 0) is 0 Å². The number of carbonyl (C=O) groups excluding carboxylic acids is 1. The minimum Gasteiger partial charge on any atom is -0.398 e. The number of hydrogen-bond donors (Lipinski definition) is 2. The summed E-state index contributed by atoms with van der Waals surface area (Å²) in [7, 11) is 0. The second-order valence-electron chi connectivity index (χ2n) is 4.63. The number of aromatic amines is 1. The monoisotopic (exact) mass is 250 g/mol. The van der Waals surface area contributed by atoms with Gasteiger partial charge in [0.1, 0.15) is 0 Å². The average molecular weight is 250 g/mol. The third-order valence-corrected chi connectivity index (χ3v) is 3.25. The molecule has 3 rings (SSSR count). The molecule has 3 N–H and O–H groups in total. The second-order valence-corrected chi connectivity index (χ2v) is 4.63. The van der Waals surface area contributed by atoms with E-state index >= 15 is 0 Å². The lowest BCUT2D eigenvalue weighted by molar-refractivity contribution is 0.101. The van der Waals surface area contributed by atoms with Gasteiger partial charge in [-0.3, -0.25) is 4.79 Å². The molecule has 0 unspecified atom stereocenters. The molecular weight excluding hydrogens is 236 g/mol. The van der Waals surface area contributed by atoms with Gasteiger partial charge in [-0.15, -0.1) is 0 Å². The third kappa shape index (κ3) is 1.99. The fourth-order valence-corrected chi connectivity index (χ4v) is 2.25. The molecule has 1 heterocycles. The summed E-state index contributed by atoms with van der Waals surface area (Å²) in [4.78, 5) is 14.5. The van der Waals surface area contributed by atoms with E-state index < -0.39 is 0 Å². The smallest absolute Gasteiger partial charge is 0.175 e. The largest absolute Gasteiger partial charge is 0.398 e. The minimum absolute atomic E-state index is 0.0241. The Morgan fingerprint density at radius 2 is 1.84 bits per heavy atom. The maximum Gasteiger partial charge on any atom is 0.175 e. The lowest BCUT2D eigenvalue weighted by Crippen LogP contribution is -1.91. The molecule has 0 amide bonds. The fourth-order valence-electron chi connectivity index (χ4n) is 2.25. The van der Waals surface area contributed by atoms with Gasteiger partial charge in [0.05, 0.1) is 5.69 Å². The number of benzene rings is 2. The molecule has 0 bridgehead atoms. The Morgan fingerprint density at radius 3 is 2.53 bits per heavy atom. The molecule has 0 saturated carbocycles. The van der Waals surface area contributed by atoms with Gasteiger partial charge in [-0.1, -0.05) is 30.3 Å². The zero-order chi connectivity index (χ0) is 13.4. The third-order valence-electron chi connectivity index (χ3n) is 3.25. The first-order valence-corrected chi connectivity index (χ1v) is 6.14. The van der Waals surface area contributed by atoms with Gasteiger partial charge in [-0.05, 0) is 23.8 Å². The number of nitrogens with one attached hydrogen (secondary N) is 1. The van der Waals surface area contributed by atoms with Gasteiger partial charge < -0.3 is 10.7 Å². The number of H-pyrrole nitrogens is 1. The van der Waals surface area contributed by atoms with Gasteiger partial charge in [-0.25, -0.2) is 0 Å². The number of hydrogen-bond acceptors (Lipinski definition) is 2. The van der Waals surface area contributed by atoms with Crippen LogP contribution in [0.4, 0.5) is 5.69 Å². The number of Topliss-reactive ketones (excluding diaryl/α,β-unsaturated/α-hetero) is 1. The van der Waals surface area contributed by atoms with Crippen molar-refractivity contribution >= 4 is 22.4 Å². The lowest BCUT2D eigenvalue weighted by Gasteiger charge is -2.06. The molecule has 0 saturated heterocycles. The van der Waals surface area contributed by atoms with E-state index in [2.05, 4.69) is 4.98 Å². The van der Waals surface area contributed by atoms with Crippen molar-refractivity contribution in [2.24, 2.45) is 0 Å². The van der Waals surface area contributed by atoms with Crippen LogP contribution in [0.1, 0.15) is 17.4 Å². The van der Waals surface area contributed by atoms with Crippen molar-refractivity contribution in [3.8, 4) is 11.1 Å². The highest BCUT2D eigenvalue weighted by Gasteiger charge is 2.09. The Kier molecular flexibility index (Phi) is 2.60. The van der Waals surface area contributed by atoms with Crippen molar-refractivity contribution in [1.29, 1.82) is 0 Å². The zero-order valence-corrected chi connectivity index (χ0v) is 10.6. The van der Waals surface area contributed by atoms with Gasteiger partial charge in [0, 0.05) is 29.1 Å². The van der Waals surface area contributed by atoms with E-state index in [0.717, 1.165) is 22.0 Å². The summed E-state index contributed by atoms with van der Waals surface area (Å²) in [6.45, 7) is 1.55. The van der Waals surface area contributed by atoms with Crippen LogP contribution in [-0.4, -0.2) is 10.8 Å². The molecule has 0 radical (unpaired) electrons. The van der Waals surface area contributed by atoms with Crippen LogP contribution in [0.5, 0.6) is 0 Å². The highest BCUT2D eigenvalue weighted by atomic mass is 16.1. The first kappa shape index (κ1) is 11.5. The van der Waals surface area contributed by atoms with E-state index in [-0.39, 0.29) is 5.78 Å². The molecule has 94 valence electrons. The first-order valence-electron chi connectivity index (χ1n) is 6.14. The second kappa shape index (κ2) is 4.28. The van der Waals surface area contributed by atoms with E-state index in [1.165, 1.54) is 0 Å². The molecule has 3 aromatic rings. The first-order chi connectivity index (χ1) is 9.15. The summed E-state index contributed by atoms with van der Waals surface area (Å²) in [5, 5.41) is 0.998. The normalized spacial score (nSPS) is 10.8. The molecule has 2 aromatic carbocycles. The van der Waals surface area contributed by atoms with Gasteiger partial charge in [0.15, 0.2) is 5.78 Å². The van der Waals surface area contributed by atoms with Gasteiger partial charge in [0.2, 0.25) is 0 Å². The van der Waals surface area contributed by atoms with E-state index in [1.54, 1.807) is 6.92 Å². The summed E-state index contributed by atoms with van der Waals surface area (Å²) in [6, 6.07) is 15.7. The van der Waals surface area contributed by atoms with Crippen molar-refractivity contribution < 1.29 is 4.79 Å². The molecular formula is C16H14N2O. The maximum atomic E-state index is 11.4. The fraction of sp³-hybridized carbons (Fsp3) is 0.0625. The molecule has 0 atom stereocenters. The number of aromatic nitrogens is 1. The Morgan fingerprint density at radius 1 is 1.11 bits per heavy atom. The lowest BCUT2D eigenvalue weighted by atomic mass is 10.0. The summed E-state index contributed by atoms with van der Waals surface area (Å²) in [5.74, 6) is 0.0241. The van der Waals surface area contributed by atoms with Gasteiger partial charge in [-0.2, -0.15) is 0 Å². The maximum absolute atomic E-state index is 11.4. The van der Waals surface area contributed by atoms with Crippen LogP contribution in [0, 0.1) is 0 Å². The number of ketones is 1. The Bertz CT molecular complexity index is 757. The number of nitrogen functional groups attached to an aromatic ring is 1. The highest BCUT2D eigenvalue weighted by molar-refractivity contribution is 6.00. The van der Waals surface area contributed by atoms with Crippen LogP contribution in [0.25, 0.3) is 22.0 Å². The molecule has 19 heavy (non-hydrogen) atoms. The van der Waals surface area contributed by atoms with E-state index in [1.807, 2.05) is 48.5 Å². The number of anilines is 1. The molecule has 0 aliphatic carbocycles. The van der Waals surface area contributed by atoms with Gasteiger partial charge >= 0.3 is 0 Å². The standard InChI is InChI=1S/C16H14N2O/c1-10(19)15-8-12-7-13(11-5-3-2-4-6-11)14(17)9-16(12)18-15/h2-9,18H,17H2,1H3. The quantitative estimate of drug-likeness (QED) is 0.539. The number of nitrogens with two attached hydrogens (primary N) is 1. The van der Waals surface area contributed by atoms with Crippen LogP contribution < -0.4 is 5.73 Å². The Labute approximate surface area is 111 Å². The van der Waals surface area contributed by atoms with Crippen molar-refractivity contribution in [2.75, 3.05) is 5.73 Å². The molecule has 1 aromatic heterocycles. The zero-order valence-electron chi connectivity index (χ0n) is 10.6. The van der Waals surface area contributed by atoms with Crippen molar-refractivity contribution in [2.45, 2.75) is 6.92 Å². The Hall–Kier alpha value is -2.55. The van der Waals surface area contributed by atoms with Crippen molar-refractivity contribution in [3.05, 3.63) is 54.2 Å². The summed E-state index contributed by atoms with van der Waals surface area (Å²) >= 11 is 0. The Balaban J connectivity index is 2.22. The predicted octanol–water partition coefficient (Wildman–Crippen LogP) is 3.62. The predicted molar refractivity (Wildman–Crippen MR) is 78.2 cm³/mol. The number of carbonyl (C=O) groups is 1. The number of fused-ring (bicyclic) bond motifs is 1. The van der Waals surface area contributed by atoms with Crippen LogP contribution in [0.3, 0.4) is 0 Å². The molecule has 3 heteroatoms. The molecule has 0 fully saturated rings. The van der Waals surface area contributed by atoms with Crippen LogP contribution in [0.2, 0.25) is 0 Å². The molecule has 3 nitrogen and oxygen atoms in total. The molecule has 0 spiro atoms. The van der Waals surface area contributed by atoms with Crippen LogP contribution >= 0.6 is 0 Å². The molecule has 0 aliphatic heterocycles.